The molecule has 0 bridgehead atoms. The third-order valence-corrected chi connectivity index (χ3v) is 5.00. The highest BCUT2D eigenvalue weighted by atomic mass is 32.2. The zero-order valence-corrected chi connectivity index (χ0v) is 13.5. The molecule has 3 aromatic rings. The molecule has 0 aliphatic heterocycles. The summed E-state index contributed by atoms with van der Waals surface area (Å²) in [5.41, 5.74) is 2.20. The van der Waals surface area contributed by atoms with Crippen molar-refractivity contribution in [2.24, 2.45) is 0 Å². The summed E-state index contributed by atoms with van der Waals surface area (Å²) in [6, 6.07) is 12.2. The zero-order valence-electron chi connectivity index (χ0n) is 12.7. The van der Waals surface area contributed by atoms with Crippen LogP contribution in [0.4, 0.5) is 5.69 Å². The summed E-state index contributed by atoms with van der Waals surface area (Å²) < 4.78 is 32.7. The van der Waals surface area contributed by atoms with Crippen LogP contribution in [0.1, 0.15) is 25.3 Å². The maximum absolute atomic E-state index is 12.7. The van der Waals surface area contributed by atoms with Gasteiger partial charge in [0.05, 0.1) is 5.69 Å². The second kappa shape index (κ2) is 6.37. The van der Waals surface area contributed by atoms with Gasteiger partial charge in [-0.3, -0.25) is 4.72 Å². The van der Waals surface area contributed by atoms with Crippen molar-refractivity contribution in [2.75, 3.05) is 4.72 Å². The Kier molecular flexibility index (Phi) is 4.29. The van der Waals surface area contributed by atoms with Gasteiger partial charge in [-0.25, -0.2) is 13.0 Å². The minimum atomic E-state index is -3.77. The topological polar surface area (TPSA) is 85.1 Å². The van der Waals surface area contributed by atoms with Crippen molar-refractivity contribution < 1.29 is 13.0 Å². The van der Waals surface area contributed by atoms with Crippen molar-refractivity contribution in [3.63, 3.8) is 0 Å². The van der Waals surface area contributed by atoms with Crippen molar-refractivity contribution in [1.82, 2.24) is 10.3 Å². The van der Waals surface area contributed by atoms with Gasteiger partial charge in [-0.15, -0.1) is 0 Å². The first-order valence-corrected chi connectivity index (χ1v) is 8.92. The van der Waals surface area contributed by atoms with Crippen molar-refractivity contribution in [3.05, 3.63) is 48.0 Å². The van der Waals surface area contributed by atoms with Gasteiger partial charge in [-0.05, 0) is 46.9 Å². The van der Waals surface area contributed by atoms with Crippen LogP contribution in [0.5, 0.6) is 0 Å². The number of benzene rings is 2. The molecule has 0 amide bonds. The highest BCUT2D eigenvalue weighted by Gasteiger charge is 2.21. The molecule has 3 rings (SSSR count). The first-order chi connectivity index (χ1) is 11.1. The van der Waals surface area contributed by atoms with E-state index in [1.807, 2.05) is 18.2 Å². The summed E-state index contributed by atoms with van der Waals surface area (Å²) in [6.45, 7) is 2.10. The van der Waals surface area contributed by atoms with Crippen molar-refractivity contribution in [3.8, 4) is 0 Å². The van der Waals surface area contributed by atoms with Crippen LogP contribution < -0.4 is 4.72 Å². The minimum Gasteiger partial charge on any atom is -0.279 e. The Morgan fingerprint density at radius 3 is 2.74 bits per heavy atom. The summed E-state index contributed by atoms with van der Waals surface area (Å²) >= 11 is 0. The van der Waals surface area contributed by atoms with E-state index in [1.165, 1.54) is 6.07 Å². The van der Waals surface area contributed by atoms with E-state index in [9.17, 15) is 8.42 Å². The molecule has 1 aromatic heterocycles. The fourth-order valence-electron chi connectivity index (χ4n) is 2.40. The fraction of sp³-hybridized carbons (Fsp3) is 0.250. The molecule has 0 unspecified atom stereocenters. The maximum Gasteiger partial charge on any atom is 0.264 e. The fourth-order valence-corrected chi connectivity index (χ4v) is 3.66. The molecule has 0 aliphatic carbocycles. The molecule has 7 heteroatoms. The lowest BCUT2D eigenvalue weighted by molar-refractivity contribution is 0.315. The standard InChI is InChI=1S/C16H17N3O3S/c1-2-3-7-12-8-4-5-9-13(12)19-23(20,21)15-11-6-10-14-16(15)18-22-17-14/h4-6,8-11,19H,2-3,7H2,1H3. The molecule has 0 radical (unpaired) electrons. The number of nitrogens with zero attached hydrogens (tertiary/aromatic N) is 2. The van der Waals surface area contributed by atoms with Gasteiger partial charge < -0.3 is 0 Å². The van der Waals surface area contributed by atoms with Gasteiger partial charge in [0.1, 0.15) is 10.4 Å². The third-order valence-electron chi connectivity index (χ3n) is 3.60. The largest absolute Gasteiger partial charge is 0.279 e. The summed E-state index contributed by atoms with van der Waals surface area (Å²) in [5.74, 6) is 0. The Hall–Kier alpha value is -2.41. The molecule has 2 aromatic carbocycles. The summed E-state index contributed by atoms with van der Waals surface area (Å²) in [5, 5.41) is 7.37. The highest BCUT2D eigenvalue weighted by Crippen LogP contribution is 2.25. The Morgan fingerprint density at radius 1 is 1.09 bits per heavy atom. The number of aromatic nitrogens is 2. The van der Waals surface area contributed by atoms with Gasteiger partial charge >= 0.3 is 0 Å². The van der Waals surface area contributed by atoms with E-state index in [-0.39, 0.29) is 10.4 Å². The predicted octanol–water partition coefficient (Wildman–Crippen LogP) is 3.37. The van der Waals surface area contributed by atoms with E-state index < -0.39 is 10.0 Å². The average Bonchev–Trinajstić information content (AvgIpc) is 3.02. The van der Waals surface area contributed by atoms with Crippen LogP contribution >= 0.6 is 0 Å². The van der Waals surface area contributed by atoms with Crippen LogP contribution in [-0.2, 0) is 16.4 Å². The van der Waals surface area contributed by atoms with E-state index in [0.29, 0.717) is 11.2 Å². The van der Waals surface area contributed by atoms with E-state index in [1.54, 1.807) is 18.2 Å². The summed E-state index contributed by atoms with van der Waals surface area (Å²) in [4.78, 5) is 0.0570. The average molecular weight is 331 g/mol. The Balaban J connectivity index is 1.97. The molecule has 23 heavy (non-hydrogen) atoms. The molecule has 1 N–H and O–H groups in total. The first kappa shape index (κ1) is 15.5. The molecular formula is C16H17N3O3S. The number of anilines is 1. The molecular weight excluding hydrogens is 314 g/mol. The van der Waals surface area contributed by atoms with Gasteiger partial charge in [0, 0.05) is 0 Å². The number of rotatable bonds is 6. The number of para-hydroxylation sites is 1. The number of sulfonamides is 1. The summed E-state index contributed by atoms with van der Waals surface area (Å²) in [7, 11) is -3.77. The van der Waals surface area contributed by atoms with Crippen LogP contribution in [0.3, 0.4) is 0 Å². The second-order valence-electron chi connectivity index (χ2n) is 5.25. The number of aryl methyl sites for hydroxylation is 1. The van der Waals surface area contributed by atoms with Crippen molar-refractivity contribution in [1.29, 1.82) is 0 Å². The SMILES string of the molecule is CCCCc1ccccc1NS(=O)(=O)c1cccc2nonc12. The molecule has 0 spiro atoms. The van der Waals surface area contributed by atoms with E-state index in [0.717, 1.165) is 24.8 Å². The number of hydrogen-bond donors (Lipinski definition) is 1. The van der Waals surface area contributed by atoms with Crippen molar-refractivity contribution in [2.45, 2.75) is 31.1 Å². The molecule has 0 saturated heterocycles. The van der Waals surface area contributed by atoms with E-state index in [2.05, 4.69) is 26.6 Å². The van der Waals surface area contributed by atoms with Gasteiger partial charge in [0.15, 0.2) is 5.52 Å². The highest BCUT2D eigenvalue weighted by molar-refractivity contribution is 7.93. The van der Waals surface area contributed by atoms with Crippen LogP contribution in [0.15, 0.2) is 52.0 Å². The Labute approximate surface area is 134 Å². The number of nitrogens with one attached hydrogen (secondary N) is 1. The molecule has 0 saturated carbocycles. The van der Waals surface area contributed by atoms with Crippen LogP contribution in [-0.4, -0.2) is 18.7 Å². The second-order valence-corrected chi connectivity index (χ2v) is 6.91. The van der Waals surface area contributed by atoms with Crippen LogP contribution in [0, 0.1) is 0 Å². The zero-order chi connectivity index (χ0) is 16.3. The van der Waals surface area contributed by atoms with Crippen LogP contribution in [0.25, 0.3) is 11.0 Å². The van der Waals surface area contributed by atoms with Gasteiger partial charge in [0.2, 0.25) is 0 Å². The monoisotopic (exact) mass is 331 g/mol. The van der Waals surface area contributed by atoms with Gasteiger partial charge in [-0.2, -0.15) is 0 Å². The molecule has 1 heterocycles. The predicted molar refractivity (Wildman–Crippen MR) is 87.7 cm³/mol. The molecule has 0 aliphatic rings. The molecule has 0 fully saturated rings. The maximum atomic E-state index is 12.7. The smallest absolute Gasteiger partial charge is 0.264 e. The normalized spacial score (nSPS) is 11.7. The molecule has 120 valence electrons. The first-order valence-electron chi connectivity index (χ1n) is 7.44. The lowest BCUT2D eigenvalue weighted by Crippen LogP contribution is -2.14. The third kappa shape index (κ3) is 3.19. The minimum absolute atomic E-state index is 0.0570. The van der Waals surface area contributed by atoms with Gasteiger partial charge in [0.25, 0.3) is 10.0 Å². The Bertz CT molecular complexity index is 919. The lowest BCUT2D eigenvalue weighted by atomic mass is 10.1. The lowest BCUT2D eigenvalue weighted by Gasteiger charge is -2.12. The quantitative estimate of drug-likeness (QED) is 0.748. The van der Waals surface area contributed by atoms with Crippen molar-refractivity contribution >= 4 is 26.7 Å². The van der Waals surface area contributed by atoms with E-state index in [4.69, 9.17) is 0 Å². The number of hydrogen-bond acceptors (Lipinski definition) is 5. The van der Waals surface area contributed by atoms with Crippen LogP contribution in [0.2, 0.25) is 0 Å². The number of unbranched alkanes of at least 4 members (excludes halogenated alkanes) is 1. The Morgan fingerprint density at radius 2 is 1.91 bits per heavy atom. The molecule has 0 atom stereocenters. The molecule has 6 nitrogen and oxygen atoms in total. The number of fused-ring (bicyclic) bond motifs is 1. The summed E-state index contributed by atoms with van der Waals surface area (Å²) in [6.07, 6.45) is 2.87. The van der Waals surface area contributed by atoms with E-state index >= 15 is 0 Å². The van der Waals surface area contributed by atoms with Gasteiger partial charge in [-0.1, -0.05) is 37.6 Å².